The van der Waals surface area contributed by atoms with Gasteiger partial charge in [0.25, 0.3) is 0 Å². The van der Waals surface area contributed by atoms with Gasteiger partial charge in [0.05, 0.1) is 12.3 Å². The van der Waals surface area contributed by atoms with E-state index in [4.69, 9.17) is 4.74 Å². The van der Waals surface area contributed by atoms with Crippen LogP contribution in [0.1, 0.15) is 187 Å². The van der Waals surface area contributed by atoms with Crippen LogP contribution >= 0.6 is 0 Å². The van der Waals surface area contributed by atoms with E-state index in [9.17, 15) is 14.7 Å². The van der Waals surface area contributed by atoms with Gasteiger partial charge in [0.15, 0.2) is 0 Å². The Hall–Kier alpha value is -1.58. The molecule has 0 spiro atoms. The summed E-state index contributed by atoms with van der Waals surface area (Å²) in [6.07, 6.45) is 41.5. The standard InChI is InChI=1S/C37H68O4/c1-3-5-6-7-8-9-10-11-12-13-14-15-16-17-18-19-20-21-22-23-24-25-26-27-28-29-30-31-32-35(37(39)40)34-36(38)41-33-4-2/h4,14-15,35H,2-3,5-13,16-34H2,1H3,(H,39,40)/b15-14+. The summed E-state index contributed by atoms with van der Waals surface area (Å²) in [5, 5.41) is 9.32. The average Bonchev–Trinajstić information content (AvgIpc) is 2.96. The van der Waals surface area contributed by atoms with E-state index in [2.05, 4.69) is 25.7 Å². The fourth-order valence-electron chi connectivity index (χ4n) is 5.48. The third-order valence-corrected chi connectivity index (χ3v) is 8.19. The maximum absolute atomic E-state index is 11.6. The van der Waals surface area contributed by atoms with Gasteiger partial charge < -0.3 is 9.84 Å². The fraction of sp³-hybridized carbons (Fsp3) is 0.838. The number of carbonyl (C=O) groups excluding carboxylic acids is 1. The van der Waals surface area contributed by atoms with Crippen LogP contribution in [0.5, 0.6) is 0 Å². The number of ether oxygens (including phenoxy) is 1. The quantitative estimate of drug-likeness (QED) is 0.0479. The lowest BCUT2D eigenvalue weighted by Gasteiger charge is -2.11. The molecule has 4 nitrogen and oxygen atoms in total. The monoisotopic (exact) mass is 577 g/mol. The van der Waals surface area contributed by atoms with Crippen LogP contribution in [0.2, 0.25) is 0 Å². The van der Waals surface area contributed by atoms with Gasteiger partial charge in [-0.05, 0) is 32.1 Å². The molecule has 0 aromatic heterocycles. The zero-order chi connectivity index (χ0) is 30.1. The highest BCUT2D eigenvalue weighted by Crippen LogP contribution is 2.18. The average molecular weight is 577 g/mol. The molecule has 0 aromatic carbocycles. The van der Waals surface area contributed by atoms with E-state index in [1.165, 1.54) is 154 Å². The van der Waals surface area contributed by atoms with E-state index in [1.807, 2.05) is 0 Å². The number of hydrogen-bond acceptors (Lipinski definition) is 3. The molecule has 0 bridgehead atoms. The summed E-state index contributed by atoms with van der Waals surface area (Å²) in [6.45, 7) is 5.92. The first-order valence-corrected chi connectivity index (χ1v) is 17.8. The van der Waals surface area contributed by atoms with Crippen molar-refractivity contribution in [1.82, 2.24) is 0 Å². The molecule has 1 unspecified atom stereocenters. The largest absolute Gasteiger partial charge is 0.481 e. The van der Waals surface area contributed by atoms with Gasteiger partial charge in [-0.1, -0.05) is 173 Å². The second-order valence-electron chi connectivity index (χ2n) is 12.2. The summed E-state index contributed by atoms with van der Waals surface area (Å²) in [5.41, 5.74) is 0. The zero-order valence-corrected chi connectivity index (χ0v) is 27.2. The molecule has 0 aliphatic rings. The lowest BCUT2D eigenvalue weighted by molar-refractivity contribution is -0.151. The van der Waals surface area contributed by atoms with Gasteiger partial charge in [0, 0.05) is 0 Å². The van der Waals surface area contributed by atoms with E-state index in [1.54, 1.807) is 0 Å². The van der Waals surface area contributed by atoms with E-state index in [0.717, 1.165) is 19.3 Å². The van der Waals surface area contributed by atoms with Crippen molar-refractivity contribution in [2.75, 3.05) is 6.61 Å². The first-order valence-electron chi connectivity index (χ1n) is 17.8. The molecule has 0 aliphatic heterocycles. The summed E-state index contributed by atoms with van der Waals surface area (Å²) >= 11 is 0. The third-order valence-electron chi connectivity index (χ3n) is 8.19. The van der Waals surface area contributed by atoms with Gasteiger partial charge in [-0.15, -0.1) is 0 Å². The maximum Gasteiger partial charge on any atom is 0.307 e. The van der Waals surface area contributed by atoms with Crippen LogP contribution in [0, 0.1) is 5.92 Å². The molecule has 41 heavy (non-hydrogen) atoms. The predicted molar refractivity (Wildman–Crippen MR) is 176 cm³/mol. The molecule has 240 valence electrons. The number of carboxylic acids is 1. The normalized spacial score (nSPS) is 12.1. The van der Waals surface area contributed by atoms with Crippen molar-refractivity contribution in [3.05, 3.63) is 24.8 Å². The van der Waals surface area contributed by atoms with E-state index in [0.29, 0.717) is 6.42 Å². The topological polar surface area (TPSA) is 63.6 Å². The Kier molecular flexibility index (Phi) is 31.7. The molecule has 1 atom stereocenters. The number of hydrogen-bond donors (Lipinski definition) is 1. The highest BCUT2D eigenvalue weighted by Gasteiger charge is 2.21. The zero-order valence-electron chi connectivity index (χ0n) is 27.2. The van der Waals surface area contributed by atoms with Crippen LogP contribution in [0.15, 0.2) is 24.8 Å². The SMILES string of the molecule is C=CCOC(=O)CC(CCCCCCCCCCCCCCCCC/C=C/CCCCCCCCCCC)C(=O)O. The van der Waals surface area contributed by atoms with Crippen molar-refractivity contribution >= 4 is 11.9 Å². The molecule has 4 heteroatoms. The van der Waals surface area contributed by atoms with Crippen molar-refractivity contribution in [2.45, 2.75) is 187 Å². The lowest BCUT2D eigenvalue weighted by atomic mass is 9.97. The van der Waals surface area contributed by atoms with Gasteiger partial charge in [-0.25, -0.2) is 0 Å². The Morgan fingerprint density at radius 2 is 0.976 bits per heavy atom. The van der Waals surface area contributed by atoms with Crippen molar-refractivity contribution in [3.63, 3.8) is 0 Å². The molecule has 0 aromatic rings. The van der Waals surface area contributed by atoms with Crippen LogP contribution in [-0.4, -0.2) is 23.7 Å². The van der Waals surface area contributed by atoms with E-state index in [-0.39, 0.29) is 13.0 Å². The van der Waals surface area contributed by atoms with Crippen molar-refractivity contribution in [2.24, 2.45) is 5.92 Å². The van der Waals surface area contributed by atoms with Gasteiger partial charge in [-0.3, -0.25) is 9.59 Å². The van der Waals surface area contributed by atoms with Gasteiger partial charge in [0.2, 0.25) is 0 Å². The molecule has 0 saturated carbocycles. The number of rotatable bonds is 33. The second-order valence-corrected chi connectivity index (χ2v) is 12.2. The second kappa shape index (κ2) is 32.9. The molecular weight excluding hydrogens is 508 g/mol. The summed E-state index contributed by atoms with van der Waals surface area (Å²) in [4.78, 5) is 23.0. The minimum Gasteiger partial charge on any atom is -0.481 e. The van der Waals surface area contributed by atoms with Crippen molar-refractivity contribution < 1.29 is 19.4 Å². The molecule has 0 radical (unpaired) electrons. The Labute approximate surface area is 255 Å². The Morgan fingerprint density at radius 1 is 0.610 bits per heavy atom. The minimum atomic E-state index is -0.900. The van der Waals surface area contributed by atoms with Crippen LogP contribution in [-0.2, 0) is 14.3 Å². The van der Waals surface area contributed by atoms with Gasteiger partial charge in [-0.2, -0.15) is 0 Å². The summed E-state index contributed by atoms with van der Waals surface area (Å²) in [5.74, 6) is -1.98. The van der Waals surface area contributed by atoms with Crippen LogP contribution in [0.25, 0.3) is 0 Å². The predicted octanol–water partition coefficient (Wildman–Crippen LogP) is 11.9. The molecule has 0 aliphatic carbocycles. The number of carbonyl (C=O) groups is 2. The minimum absolute atomic E-state index is 0.0414. The number of aliphatic carboxylic acids is 1. The molecule has 0 saturated heterocycles. The smallest absolute Gasteiger partial charge is 0.307 e. The van der Waals surface area contributed by atoms with E-state index < -0.39 is 17.9 Å². The van der Waals surface area contributed by atoms with Crippen molar-refractivity contribution in [3.8, 4) is 0 Å². The summed E-state index contributed by atoms with van der Waals surface area (Å²) < 4.78 is 4.91. The molecular formula is C37H68O4. The lowest BCUT2D eigenvalue weighted by Crippen LogP contribution is -2.19. The van der Waals surface area contributed by atoms with E-state index >= 15 is 0 Å². The van der Waals surface area contributed by atoms with Crippen LogP contribution < -0.4 is 0 Å². The summed E-state index contributed by atoms with van der Waals surface area (Å²) in [6, 6.07) is 0. The molecule has 0 amide bonds. The number of allylic oxidation sites excluding steroid dienone is 2. The highest BCUT2D eigenvalue weighted by atomic mass is 16.5. The van der Waals surface area contributed by atoms with Crippen molar-refractivity contribution in [1.29, 1.82) is 0 Å². The number of unbranched alkanes of at least 4 members (excludes halogenated alkanes) is 24. The van der Waals surface area contributed by atoms with Crippen LogP contribution in [0.3, 0.4) is 0 Å². The van der Waals surface area contributed by atoms with Gasteiger partial charge in [0.1, 0.15) is 6.61 Å². The van der Waals surface area contributed by atoms with Gasteiger partial charge >= 0.3 is 11.9 Å². The summed E-state index contributed by atoms with van der Waals surface area (Å²) in [7, 11) is 0. The number of esters is 1. The first-order chi connectivity index (χ1) is 20.1. The molecule has 0 heterocycles. The Balaban J connectivity index is 3.30. The number of carboxylic acid groups (broad SMARTS) is 1. The Bertz CT molecular complexity index is 612. The molecule has 0 fully saturated rings. The fourth-order valence-corrected chi connectivity index (χ4v) is 5.48. The third kappa shape index (κ3) is 31.2. The molecule has 0 rings (SSSR count). The highest BCUT2D eigenvalue weighted by molar-refractivity contribution is 5.78. The first kappa shape index (κ1) is 39.4. The molecule has 1 N–H and O–H groups in total. The Morgan fingerprint density at radius 3 is 1.34 bits per heavy atom. The maximum atomic E-state index is 11.6. The van der Waals surface area contributed by atoms with Crippen LogP contribution in [0.4, 0.5) is 0 Å².